The molecule has 0 unspecified atom stereocenters. The summed E-state index contributed by atoms with van der Waals surface area (Å²) in [5, 5.41) is 6.05. The molecule has 12 heteroatoms. The Kier molecular flexibility index (Phi) is 8.19. The van der Waals surface area contributed by atoms with E-state index in [1.54, 1.807) is 24.1 Å². The molecule has 0 radical (unpaired) electrons. The van der Waals surface area contributed by atoms with Crippen LogP contribution in [0.4, 0.5) is 14.6 Å². The Balaban J connectivity index is 1.48. The zero-order valence-electron chi connectivity index (χ0n) is 26.3. The van der Waals surface area contributed by atoms with Gasteiger partial charge >= 0.3 is 6.01 Å². The van der Waals surface area contributed by atoms with Gasteiger partial charge in [0.15, 0.2) is 5.82 Å². The van der Waals surface area contributed by atoms with Crippen molar-refractivity contribution in [1.29, 1.82) is 0 Å². The van der Waals surface area contributed by atoms with E-state index in [4.69, 9.17) is 21.3 Å². The Bertz CT molecular complexity index is 1800. The number of hydrogen-bond acceptors (Lipinski definition) is 7. The number of nitrogens with zero attached hydrogens (tertiary/aromatic N) is 7. The van der Waals surface area contributed by atoms with Crippen molar-refractivity contribution in [1.82, 2.24) is 29.5 Å². The van der Waals surface area contributed by atoms with Crippen molar-refractivity contribution in [3.05, 3.63) is 53.5 Å². The van der Waals surface area contributed by atoms with Gasteiger partial charge in [-0.05, 0) is 52.3 Å². The van der Waals surface area contributed by atoms with Crippen molar-refractivity contribution >= 4 is 45.1 Å². The topological polar surface area (TPSA) is 79.6 Å². The number of carbonyl (C=O) groups is 1. The highest BCUT2D eigenvalue weighted by molar-refractivity contribution is 6.35. The normalized spacial score (nSPS) is 20.1. The average Bonchev–Trinajstić information content (AvgIpc) is 3.41. The Labute approximate surface area is 266 Å². The Hall–Kier alpha value is -3.83. The zero-order chi connectivity index (χ0) is 32.2. The van der Waals surface area contributed by atoms with E-state index in [2.05, 4.69) is 16.7 Å². The lowest BCUT2D eigenvalue weighted by molar-refractivity contribution is -0.128. The van der Waals surface area contributed by atoms with E-state index in [0.29, 0.717) is 56.0 Å². The molecule has 0 saturated carbocycles. The van der Waals surface area contributed by atoms with Gasteiger partial charge in [0.1, 0.15) is 23.6 Å². The first kappa shape index (κ1) is 31.2. The number of fused-ring (bicyclic) bond motifs is 2. The number of benzene rings is 2. The average molecular weight is 638 g/mol. The number of aromatic nitrogens is 4. The summed E-state index contributed by atoms with van der Waals surface area (Å²) < 4.78 is 38.8. The van der Waals surface area contributed by atoms with Gasteiger partial charge in [0, 0.05) is 73.3 Å². The van der Waals surface area contributed by atoms with Crippen molar-refractivity contribution in [2.75, 3.05) is 44.2 Å². The van der Waals surface area contributed by atoms with Gasteiger partial charge in [-0.1, -0.05) is 30.3 Å². The third-order valence-electron chi connectivity index (χ3n) is 8.86. The number of ether oxygens (including phenoxy) is 1. The van der Waals surface area contributed by atoms with E-state index < -0.39 is 11.5 Å². The molecule has 4 aromatic rings. The van der Waals surface area contributed by atoms with E-state index in [0.717, 1.165) is 16.5 Å². The van der Waals surface area contributed by atoms with Gasteiger partial charge in [0.05, 0.1) is 16.7 Å². The van der Waals surface area contributed by atoms with Crippen LogP contribution >= 0.6 is 11.6 Å². The number of carbonyl (C=O) groups excluding carboxylic acids is 1. The molecule has 1 amide bonds. The van der Waals surface area contributed by atoms with E-state index in [9.17, 15) is 9.18 Å². The lowest BCUT2D eigenvalue weighted by Gasteiger charge is -2.44. The molecular formula is C33H38ClF2N7O2. The summed E-state index contributed by atoms with van der Waals surface area (Å²) >= 11 is 6.97. The van der Waals surface area contributed by atoms with Crippen LogP contribution in [0.1, 0.15) is 33.3 Å². The summed E-state index contributed by atoms with van der Waals surface area (Å²) in [4.78, 5) is 27.6. The van der Waals surface area contributed by atoms with Crippen LogP contribution < -0.4 is 9.64 Å². The maximum atomic E-state index is 17.0. The number of amides is 1. The Morgan fingerprint density at radius 2 is 1.96 bits per heavy atom. The molecular weight excluding hydrogens is 600 g/mol. The second-order valence-electron chi connectivity index (χ2n) is 12.4. The van der Waals surface area contributed by atoms with Gasteiger partial charge in [-0.25, -0.2) is 8.78 Å². The molecule has 45 heavy (non-hydrogen) atoms. The number of aryl methyl sites for hydroxylation is 2. The van der Waals surface area contributed by atoms with E-state index in [1.165, 1.54) is 6.08 Å². The van der Waals surface area contributed by atoms with Crippen molar-refractivity contribution in [3.8, 4) is 17.1 Å². The summed E-state index contributed by atoms with van der Waals surface area (Å²) in [6.45, 7) is 15.9. The molecule has 0 spiro atoms. The fourth-order valence-electron chi connectivity index (χ4n) is 6.66. The number of hydrogen-bond donors (Lipinski definition) is 0. The van der Waals surface area contributed by atoms with Gasteiger partial charge in [-0.2, -0.15) is 15.1 Å². The minimum Gasteiger partial charge on any atom is -0.462 e. The predicted molar refractivity (Wildman–Crippen MR) is 173 cm³/mol. The first-order chi connectivity index (χ1) is 21.4. The van der Waals surface area contributed by atoms with Crippen molar-refractivity contribution < 1.29 is 18.3 Å². The fraction of sp³-hybridized carbons (Fsp3) is 0.455. The standard InChI is InChI=1S/C33H38ClF2N7O2/c1-7-25(44)41-15-21(5)42(16-20(41)4)31-23-13-24(34)27(26-19(3)9-10-22-14-37-43(8-2)30(22)26)28(35)29(23)38-32(39-31)45-12-11-40-17-33(6,36)18-40/h7,9-10,13-14,20-21H,1,8,11-12,15-18H2,2-6H3/t20-,21+/m1/s1. The number of likely N-dealkylation sites (tertiary alicyclic amines) is 1. The van der Waals surface area contributed by atoms with E-state index in [-0.39, 0.29) is 46.7 Å². The Morgan fingerprint density at radius 1 is 1.20 bits per heavy atom. The fourth-order valence-corrected chi connectivity index (χ4v) is 6.95. The first-order valence-corrected chi connectivity index (χ1v) is 15.7. The predicted octanol–water partition coefficient (Wildman–Crippen LogP) is 5.80. The van der Waals surface area contributed by atoms with Crippen LogP contribution in [-0.4, -0.2) is 92.5 Å². The van der Waals surface area contributed by atoms with Gasteiger partial charge in [0.2, 0.25) is 5.91 Å². The second-order valence-corrected chi connectivity index (χ2v) is 12.9. The zero-order valence-corrected chi connectivity index (χ0v) is 27.0. The molecule has 0 aliphatic carbocycles. The minimum atomic E-state index is -1.19. The van der Waals surface area contributed by atoms with Gasteiger partial charge < -0.3 is 14.5 Å². The molecule has 2 atom stereocenters. The summed E-state index contributed by atoms with van der Waals surface area (Å²) in [7, 11) is 0. The first-order valence-electron chi connectivity index (χ1n) is 15.3. The van der Waals surface area contributed by atoms with Gasteiger partial charge in [-0.15, -0.1) is 0 Å². The number of rotatable bonds is 8. The molecule has 238 valence electrons. The van der Waals surface area contributed by atoms with Crippen LogP contribution in [-0.2, 0) is 11.3 Å². The Morgan fingerprint density at radius 3 is 2.64 bits per heavy atom. The SMILES string of the molecule is C=CC(=O)N1C[C@H](C)N(c2nc(OCCN3CC(C)(F)C3)nc3c(F)c(-c4c(C)ccc5cnn(CC)c45)c(Cl)cc23)C[C@H]1C. The highest BCUT2D eigenvalue weighted by Gasteiger charge is 2.38. The molecule has 4 heterocycles. The molecule has 2 saturated heterocycles. The molecule has 2 fully saturated rings. The van der Waals surface area contributed by atoms with Gasteiger partial charge in [-0.3, -0.25) is 14.4 Å². The molecule has 2 aromatic carbocycles. The number of alkyl halides is 1. The van der Waals surface area contributed by atoms with Gasteiger partial charge in [0.25, 0.3) is 0 Å². The molecule has 0 N–H and O–H groups in total. The van der Waals surface area contributed by atoms with E-state index in [1.807, 2.05) is 54.3 Å². The minimum absolute atomic E-state index is 0.0196. The maximum absolute atomic E-state index is 17.0. The smallest absolute Gasteiger partial charge is 0.319 e. The third kappa shape index (κ3) is 5.61. The third-order valence-corrected chi connectivity index (χ3v) is 9.16. The molecule has 9 nitrogen and oxygen atoms in total. The molecule has 2 aliphatic rings. The quantitative estimate of drug-likeness (QED) is 0.226. The largest absolute Gasteiger partial charge is 0.462 e. The summed E-state index contributed by atoms with van der Waals surface area (Å²) in [6.07, 6.45) is 3.09. The van der Waals surface area contributed by atoms with E-state index >= 15 is 4.39 Å². The lowest BCUT2D eigenvalue weighted by Crippen LogP contribution is -2.58. The summed E-state index contributed by atoms with van der Waals surface area (Å²) in [5.74, 6) is -0.251. The van der Waals surface area contributed by atoms with Crippen LogP contribution in [0.5, 0.6) is 6.01 Å². The number of piperazine rings is 1. The van der Waals surface area contributed by atoms with Crippen LogP contribution in [0.25, 0.3) is 32.9 Å². The van der Waals surface area contributed by atoms with Crippen LogP contribution in [0.3, 0.4) is 0 Å². The second kappa shape index (κ2) is 11.8. The monoisotopic (exact) mass is 637 g/mol. The highest BCUT2D eigenvalue weighted by atomic mass is 35.5. The van der Waals surface area contributed by atoms with Crippen LogP contribution in [0, 0.1) is 12.7 Å². The van der Waals surface area contributed by atoms with Crippen molar-refractivity contribution in [2.24, 2.45) is 0 Å². The van der Waals surface area contributed by atoms with Crippen LogP contribution in [0.15, 0.2) is 37.1 Å². The molecule has 0 bridgehead atoms. The maximum Gasteiger partial charge on any atom is 0.319 e. The van der Waals surface area contributed by atoms with Crippen molar-refractivity contribution in [2.45, 2.75) is 58.9 Å². The number of anilines is 1. The molecule has 2 aromatic heterocycles. The highest BCUT2D eigenvalue weighted by Crippen LogP contribution is 2.43. The van der Waals surface area contributed by atoms with Crippen LogP contribution in [0.2, 0.25) is 5.02 Å². The summed E-state index contributed by atoms with van der Waals surface area (Å²) in [5.41, 5.74) is 1.43. The lowest BCUT2D eigenvalue weighted by atomic mass is 9.95. The summed E-state index contributed by atoms with van der Waals surface area (Å²) in [6, 6.07) is 5.33. The molecule has 2 aliphatic heterocycles. The number of halogens is 3. The van der Waals surface area contributed by atoms with Crippen molar-refractivity contribution in [3.63, 3.8) is 0 Å². The molecule has 6 rings (SSSR count).